The molecule has 0 saturated carbocycles. The molecule has 0 radical (unpaired) electrons. The molecule has 0 fully saturated rings. The quantitative estimate of drug-likeness (QED) is 0.482. The molecule has 0 unspecified atom stereocenters. The first-order chi connectivity index (χ1) is 15.6. The number of carbonyl (C=O) groups is 2. The van der Waals surface area contributed by atoms with Gasteiger partial charge in [-0.1, -0.05) is 11.6 Å². The van der Waals surface area contributed by atoms with Crippen LogP contribution in [-0.4, -0.2) is 59.8 Å². The van der Waals surface area contributed by atoms with Crippen LogP contribution in [0.2, 0.25) is 5.02 Å². The van der Waals surface area contributed by atoms with Crippen molar-refractivity contribution in [3.63, 3.8) is 0 Å². The highest BCUT2D eigenvalue weighted by atomic mass is 35.5. The molecule has 0 atom stereocenters. The Morgan fingerprint density at radius 1 is 1.12 bits per heavy atom. The van der Waals surface area contributed by atoms with Gasteiger partial charge in [0.05, 0.1) is 25.4 Å². The molecule has 3 aromatic heterocycles. The number of nitrogens with one attached hydrogen (secondary N) is 2. The van der Waals surface area contributed by atoms with Crippen LogP contribution >= 0.6 is 11.6 Å². The number of sulfonamides is 1. The van der Waals surface area contributed by atoms with E-state index >= 15 is 0 Å². The Kier molecular flexibility index (Phi) is 6.78. The van der Waals surface area contributed by atoms with Gasteiger partial charge in [-0.3, -0.25) is 10.4 Å². The SMILES string of the molecule is COC(=O)c1cn[nH]c1S(=O)(=O)N(C(=O)Nc1nc(C)cc(C)n1)c1nc(OC)ccc1Cl. The van der Waals surface area contributed by atoms with E-state index in [-0.39, 0.29) is 21.2 Å². The number of halogens is 1. The topological polar surface area (TPSA) is 169 Å². The first-order valence-electron chi connectivity index (χ1n) is 9.09. The van der Waals surface area contributed by atoms with Crippen molar-refractivity contribution in [1.29, 1.82) is 0 Å². The molecule has 3 rings (SSSR count). The third-order valence-electron chi connectivity index (χ3n) is 4.10. The number of nitrogens with zero attached hydrogens (tertiary/aromatic N) is 5. The number of urea groups is 1. The number of pyridine rings is 1. The number of methoxy groups -OCH3 is 2. The molecule has 0 saturated heterocycles. The number of H-pyrrole nitrogens is 1. The lowest BCUT2D eigenvalue weighted by Crippen LogP contribution is -2.42. The number of amides is 2. The number of esters is 1. The Morgan fingerprint density at radius 2 is 1.79 bits per heavy atom. The van der Waals surface area contributed by atoms with Crippen molar-refractivity contribution in [2.75, 3.05) is 23.8 Å². The van der Waals surface area contributed by atoms with Gasteiger partial charge in [0.15, 0.2) is 10.8 Å². The van der Waals surface area contributed by atoms with Crippen LogP contribution in [0.15, 0.2) is 29.4 Å². The molecule has 0 aliphatic carbocycles. The number of anilines is 2. The highest BCUT2D eigenvalue weighted by Crippen LogP contribution is 2.32. The minimum atomic E-state index is -4.84. The van der Waals surface area contributed by atoms with Crippen molar-refractivity contribution in [3.05, 3.63) is 46.4 Å². The molecule has 0 bridgehead atoms. The van der Waals surface area contributed by atoms with E-state index in [1.807, 2.05) is 0 Å². The summed E-state index contributed by atoms with van der Waals surface area (Å²) >= 11 is 6.19. The molecule has 0 aliphatic heterocycles. The largest absolute Gasteiger partial charge is 0.481 e. The number of aromatic amines is 1. The predicted molar refractivity (Wildman–Crippen MR) is 116 cm³/mol. The predicted octanol–water partition coefficient (Wildman–Crippen LogP) is 2.09. The van der Waals surface area contributed by atoms with E-state index in [4.69, 9.17) is 16.3 Å². The smallest absolute Gasteiger partial charge is 0.344 e. The number of rotatable bonds is 6. The minimum Gasteiger partial charge on any atom is -0.481 e. The normalized spacial score (nSPS) is 11.1. The highest BCUT2D eigenvalue weighted by molar-refractivity contribution is 7.93. The maximum Gasteiger partial charge on any atom is 0.344 e. The van der Waals surface area contributed by atoms with E-state index in [0.29, 0.717) is 11.4 Å². The molecule has 3 heterocycles. The van der Waals surface area contributed by atoms with E-state index in [1.54, 1.807) is 19.9 Å². The molecule has 0 spiro atoms. The van der Waals surface area contributed by atoms with Crippen LogP contribution in [0.5, 0.6) is 5.88 Å². The average molecular weight is 496 g/mol. The molecule has 3 aromatic rings. The summed E-state index contributed by atoms with van der Waals surface area (Å²) in [6.45, 7) is 3.35. The van der Waals surface area contributed by atoms with Gasteiger partial charge in [0.2, 0.25) is 11.8 Å². The number of aromatic nitrogens is 5. The lowest BCUT2D eigenvalue weighted by atomic mass is 10.4. The van der Waals surface area contributed by atoms with Crippen molar-refractivity contribution in [3.8, 4) is 5.88 Å². The summed E-state index contributed by atoms with van der Waals surface area (Å²) in [5, 5.41) is 7.19. The molecular weight excluding hydrogens is 478 g/mol. The molecule has 15 heteroatoms. The number of carbonyl (C=O) groups excluding carboxylic acids is 2. The zero-order valence-electron chi connectivity index (χ0n) is 17.8. The van der Waals surface area contributed by atoms with E-state index in [1.165, 1.54) is 19.2 Å². The van der Waals surface area contributed by atoms with Gasteiger partial charge in [-0.15, -0.1) is 0 Å². The molecular formula is C18H18ClN7O6S. The molecule has 174 valence electrons. The van der Waals surface area contributed by atoms with Gasteiger partial charge in [0.1, 0.15) is 5.56 Å². The van der Waals surface area contributed by atoms with Crippen LogP contribution in [0.4, 0.5) is 16.6 Å². The molecule has 33 heavy (non-hydrogen) atoms. The molecule has 0 aliphatic rings. The Labute approximate surface area is 193 Å². The van der Waals surface area contributed by atoms with Gasteiger partial charge in [-0.2, -0.15) is 22.8 Å². The third-order valence-corrected chi connectivity index (χ3v) is 6.04. The zero-order chi connectivity index (χ0) is 24.3. The van der Waals surface area contributed by atoms with Crippen molar-refractivity contribution in [2.24, 2.45) is 0 Å². The second-order valence-corrected chi connectivity index (χ2v) is 8.57. The first-order valence-corrected chi connectivity index (χ1v) is 10.9. The zero-order valence-corrected chi connectivity index (χ0v) is 19.4. The highest BCUT2D eigenvalue weighted by Gasteiger charge is 2.39. The maximum absolute atomic E-state index is 13.6. The fraction of sp³-hybridized carbons (Fsp3) is 0.222. The van der Waals surface area contributed by atoms with E-state index in [2.05, 4.69) is 35.2 Å². The summed E-state index contributed by atoms with van der Waals surface area (Å²) in [5.41, 5.74) is 0.634. The standard InChI is InChI=1S/C18H18ClN7O6S/c1-9-7-10(2)22-17(21-9)24-18(28)26(14-12(19)5-6-13(23-14)31-3)33(29,30)15-11(8-20-25-15)16(27)32-4/h5-8H,1-4H3,(H,20,25)(H,21,22,24,28). The van der Waals surface area contributed by atoms with E-state index in [0.717, 1.165) is 13.3 Å². The second kappa shape index (κ2) is 9.38. The summed E-state index contributed by atoms with van der Waals surface area (Å²) in [5.74, 6) is -1.68. The van der Waals surface area contributed by atoms with Gasteiger partial charge < -0.3 is 9.47 Å². The summed E-state index contributed by atoms with van der Waals surface area (Å²) in [4.78, 5) is 37.4. The number of aryl methyl sites for hydroxylation is 2. The summed E-state index contributed by atoms with van der Waals surface area (Å²) < 4.78 is 37.0. The van der Waals surface area contributed by atoms with Crippen molar-refractivity contribution >= 4 is 45.4 Å². The van der Waals surface area contributed by atoms with Crippen LogP contribution in [0.3, 0.4) is 0 Å². The lowest BCUT2D eigenvalue weighted by Gasteiger charge is -2.22. The maximum atomic E-state index is 13.6. The monoisotopic (exact) mass is 495 g/mol. The van der Waals surface area contributed by atoms with Crippen LogP contribution < -0.4 is 14.4 Å². The fourth-order valence-corrected chi connectivity index (χ4v) is 4.37. The fourth-order valence-electron chi connectivity index (χ4n) is 2.74. The second-order valence-electron chi connectivity index (χ2n) is 6.44. The Balaban J connectivity index is 2.18. The van der Waals surface area contributed by atoms with Gasteiger partial charge >= 0.3 is 12.0 Å². The summed E-state index contributed by atoms with van der Waals surface area (Å²) in [6.07, 6.45) is 0.947. The van der Waals surface area contributed by atoms with Gasteiger partial charge in [0.25, 0.3) is 10.0 Å². The molecule has 0 aromatic carbocycles. The van der Waals surface area contributed by atoms with Crippen molar-refractivity contribution < 1.29 is 27.5 Å². The van der Waals surface area contributed by atoms with Crippen LogP contribution in [0.1, 0.15) is 21.7 Å². The lowest BCUT2D eigenvalue weighted by molar-refractivity contribution is 0.0596. The first kappa shape index (κ1) is 23.9. The van der Waals surface area contributed by atoms with Gasteiger partial charge in [-0.05, 0) is 26.0 Å². The van der Waals surface area contributed by atoms with Crippen molar-refractivity contribution in [1.82, 2.24) is 25.1 Å². The minimum absolute atomic E-state index is 0.0251. The molecule has 2 N–H and O–H groups in total. The Bertz CT molecular complexity index is 1310. The van der Waals surface area contributed by atoms with Gasteiger partial charge in [0, 0.05) is 17.5 Å². The third kappa shape index (κ3) is 4.85. The number of hydrogen-bond donors (Lipinski definition) is 2. The van der Waals surface area contributed by atoms with E-state index < -0.39 is 38.4 Å². The molecule has 13 nitrogen and oxygen atoms in total. The molecule has 2 amide bonds. The van der Waals surface area contributed by atoms with Crippen molar-refractivity contribution in [2.45, 2.75) is 18.9 Å². The van der Waals surface area contributed by atoms with Crippen LogP contribution in [-0.2, 0) is 14.8 Å². The summed E-state index contributed by atoms with van der Waals surface area (Å²) in [7, 11) is -2.48. The average Bonchev–Trinajstić information content (AvgIpc) is 3.25. The number of ether oxygens (including phenoxy) is 2. The Hall–Kier alpha value is -3.78. The summed E-state index contributed by atoms with van der Waals surface area (Å²) in [6, 6.07) is 3.10. The van der Waals surface area contributed by atoms with Crippen LogP contribution in [0.25, 0.3) is 0 Å². The number of hydrogen-bond acceptors (Lipinski definition) is 10. The van der Waals surface area contributed by atoms with Crippen LogP contribution in [0, 0.1) is 13.8 Å². The van der Waals surface area contributed by atoms with E-state index in [9.17, 15) is 18.0 Å². The Morgan fingerprint density at radius 3 is 2.39 bits per heavy atom. The van der Waals surface area contributed by atoms with Gasteiger partial charge in [-0.25, -0.2) is 19.6 Å².